The van der Waals surface area contributed by atoms with Crippen molar-refractivity contribution in [3.05, 3.63) is 52.3 Å². The summed E-state index contributed by atoms with van der Waals surface area (Å²) in [5.41, 5.74) is 1.81. The zero-order valence-electron chi connectivity index (χ0n) is 12.2. The van der Waals surface area contributed by atoms with Gasteiger partial charge in [0.25, 0.3) is 5.91 Å². The number of halogens is 1. The first-order chi connectivity index (χ1) is 10.1. The van der Waals surface area contributed by atoms with Gasteiger partial charge in [-0.3, -0.25) is 4.79 Å². The molecule has 0 radical (unpaired) electrons. The van der Waals surface area contributed by atoms with E-state index in [9.17, 15) is 4.79 Å². The van der Waals surface area contributed by atoms with E-state index in [0.717, 1.165) is 22.3 Å². The van der Waals surface area contributed by atoms with Crippen LogP contribution in [0.4, 0.5) is 0 Å². The van der Waals surface area contributed by atoms with E-state index in [1.165, 1.54) is 0 Å². The van der Waals surface area contributed by atoms with Crippen LogP contribution in [0.3, 0.4) is 0 Å². The Morgan fingerprint density at radius 1 is 1.38 bits per heavy atom. The summed E-state index contributed by atoms with van der Waals surface area (Å²) < 4.78 is 8.42. The molecular weight excluding hydrogens is 332 g/mol. The van der Waals surface area contributed by atoms with Gasteiger partial charge in [-0.25, -0.2) is 0 Å². The molecule has 1 heterocycles. The van der Waals surface area contributed by atoms with Crippen LogP contribution in [0.15, 0.2) is 41.0 Å². The van der Waals surface area contributed by atoms with Gasteiger partial charge in [-0.05, 0) is 53.5 Å². The van der Waals surface area contributed by atoms with Crippen LogP contribution in [0, 0.1) is 6.92 Å². The quantitative estimate of drug-likeness (QED) is 0.811. The van der Waals surface area contributed by atoms with Crippen molar-refractivity contribution in [3.8, 4) is 5.75 Å². The Morgan fingerprint density at radius 3 is 2.90 bits per heavy atom. The summed E-state index contributed by atoms with van der Waals surface area (Å²) in [6.45, 7) is 5.70. The normalized spacial score (nSPS) is 10.4. The molecule has 0 atom stereocenters. The number of aromatic nitrogens is 1. The Hall–Kier alpha value is -1.75. The van der Waals surface area contributed by atoms with Crippen molar-refractivity contribution in [1.82, 2.24) is 9.88 Å². The zero-order chi connectivity index (χ0) is 15.2. The molecule has 0 aliphatic carbocycles. The van der Waals surface area contributed by atoms with Crippen molar-refractivity contribution >= 4 is 21.8 Å². The Balaban J connectivity index is 1.82. The smallest absolute Gasteiger partial charge is 0.268 e. The molecule has 0 bridgehead atoms. The number of aryl methyl sites for hydroxylation is 2. The zero-order valence-corrected chi connectivity index (χ0v) is 13.8. The molecule has 2 rings (SSSR count). The summed E-state index contributed by atoms with van der Waals surface area (Å²) in [6, 6.07) is 9.68. The largest absolute Gasteiger partial charge is 0.492 e. The van der Waals surface area contributed by atoms with Crippen LogP contribution in [0.1, 0.15) is 23.0 Å². The van der Waals surface area contributed by atoms with Crippen molar-refractivity contribution in [2.24, 2.45) is 0 Å². The number of carbonyl (C=O) groups is 1. The monoisotopic (exact) mass is 350 g/mol. The van der Waals surface area contributed by atoms with E-state index >= 15 is 0 Å². The predicted octanol–water partition coefficient (Wildman–Crippen LogP) is 3.39. The van der Waals surface area contributed by atoms with Gasteiger partial charge in [-0.1, -0.05) is 12.1 Å². The molecule has 0 aliphatic heterocycles. The number of nitrogens with one attached hydrogen (secondary N) is 1. The van der Waals surface area contributed by atoms with Crippen LogP contribution >= 0.6 is 15.9 Å². The minimum atomic E-state index is -0.0876. The number of hydrogen-bond acceptors (Lipinski definition) is 2. The molecule has 5 heteroatoms. The fourth-order valence-electron chi connectivity index (χ4n) is 2.06. The standard InChI is InChI=1S/C16H19BrN2O2/c1-3-19-11-13(17)10-15(19)16(20)18-7-8-21-14-6-4-5-12(2)9-14/h4-6,9-11H,3,7-8H2,1-2H3,(H,18,20). The first-order valence-corrected chi connectivity index (χ1v) is 7.72. The molecule has 0 unspecified atom stereocenters. The molecule has 1 N–H and O–H groups in total. The summed E-state index contributed by atoms with van der Waals surface area (Å²) >= 11 is 3.39. The van der Waals surface area contributed by atoms with Gasteiger partial charge in [0.2, 0.25) is 0 Å². The highest BCUT2D eigenvalue weighted by atomic mass is 79.9. The number of carbonyl (C=O) groups excluding carboxylic acids is 1. The van der Waals surface area contributed by atoms with Crippen molar-refractivity contribution in [1.29, 1.82) is 0 Å². The van der Waals surface area contributed by atoms with E-state index in [1.807, 2.05) is 54.9 Å². The second-order valence-corrected chi connectivity index (χ2v) is 5.67. The lowest BCUT2D eigenvalue weighted by molar-refractivity contribution is 0.0938. The molecule has 21 heavy (non-hydrogen) atoms. The Kier molecular flexibility index (Phi) is 5.44. The van der Waals surface area contributed by atoms with E-state index in [1.54, 1.807) is 0 Å². The number of rotatable bonds is 6. The molecule has 2 aromatic rings. The maximum atomic E-state index is 12.1. The molecule has 0 aliphatic rings. The van der Waals surface area contributed by atoms with Gasteiger partial charge in [0.1, 0.15) is 18.1 Å². The first kappa shape index (κ1) is 15.6. The highest BCUT2D eigenvalue weighted by Crippen LogP contribution is 2.15. The molecule has 0 fully saturated rings. The van der Waals surface area contributed by atoms with E-state index in [2.05, 4.69) is 21.2 Å². The third kappa shape index (κ3) is 4.36. The third-order valence-corrected chi connectivity index (χ3v) is 3.52. The van der Waals surface area contributed by atoms with Gasteiger partial charge in [0, 0.05) is 17.2 Å². The highest BCUT2D eigenvalue weighted by molar-refractivity contribution is 9.10. The molecule has 0 saturated heterocycles. The van der Waals surface area contributed by atoms with Crippen LogP contribution in [0.5, 0.6) is 5.75 Å². The van der Waals surface area contributed by atoms with Gasteiger partial charge in [-0.2, -0.15) is 0 Å². The minimum absolute atomic E-state index is 0.0876. The Labute approximate surface area is 133 Å². The lowest BCUT2D eigenvalue weighted by atomic mass is 10.2. The minimum Gasteiger partial charge on any atom is -0.492 e. The molecule has 0 spiro atoms. The van der Waals surface area contributed by atoms with Crippen molar-refractivity contribution < 1.29 is 9.53 Å². The molecule has 0 saturated carbocycles. The third-order valence-electron chi connectivity index (χ3n) is 3.08. The van der Waals surface area contributed by atoms with Gasteiger partial charge < -0.3 is 14.6 Å². The average molecular weight is 351 g/mol. The van der Waals surface area contributed by atoms with Gasteiger partial charge >= 0.3 is 0 Å². The lowest BCUT2D eigenvalue weighted by Gasteiger charge is -2.09. The van der Waals surface area contributed by atoms with Gasteiger partial charge in [-0.15, -0.1) is 0 Å². The number of nitrogens with zero attached hydrogens (tertiary/aromatic N) is 1. The molecule has 4 nitrogen and oxygen atoms in total. The van der Waals surface area contributed by atoms with Crippen LogP contribution < -0.4 is 10.1 Å². The summed E-state index contributed by atoms with van der Waals surface area (Å²) in [5, 5.41) is 2.87. The molecule has 112 valence electrons. The van der Waals surface area contributed by atoms with Gasteiger partial charge in [0.05, 0.1) is 6.54 Å². The highest BCUT2D eigenvalue weighted by Gasteiger charge is 2.11. The summed E-state index contributed by atoms with van der Waals surface area (Å²) in [5.74, 6) is 0.735. The molecule has 1 aromatic heterocycles. The van der Waals surface area contributed by atoms with Crippen molar-refractivity contribution in [2.45, 2.75) is 20.4 Å². The fraction of sp³-hybridized carbons (Fsp3) is 0.312. The number of hydrogen-bond donors (Lipinski definition) is 1. The lowest BCUT2D eigenvalue weighted by Crippen LogP contribution is -2.29. The van der Waals surface area contributed by atoms with E-state index < -0.39 is 0 Å². The summed E-state index contributed by atoms with van der Waals surface area (Å²) in [4.78, 5) is 12.1. The second kappa shape index (κ2) is 7.31. The van der Waals surface area contributed by atoms with Crippen LogP contribution in [0.2, 0.25) is 0 Å². The van der Waals surface area contributed by atoms with Crippen LogP contribution in [-0.4, -0.2) is 23.6 Å². The van der Waals surface area contributed by atoms with Gasteiger partial charge in [0.15, 0.2) is 0 Å². The van der Waals surface area contributed by atoms with Crippen molar-refractivity contribution in [2.75, 3.05) is 13.2 Å². The number of amides is 1. The average Bonchev–Trinajstić information content (AvgIpc) is 2.85. The molecule has 1 aromatic carbocycles. The fourth-order valence-corrected chi connectivity index (χ4v) is 2.52. The maximum Gasteiger partial charge on any atom is 0.268 e. The SMILES string of the molecule is CCn1cc(Br)cc1C(=O)NCCOc1cccc(C)c1. The first-order valence-electron chi connectivity index (χ1n) is 6.93. The van der Waals surface area contributed by atoms with E-state index in [4.69, 9.17) is 4.74 Å². The van der Waals surface area contributed by atoms with Crippen LogP contribution in [-0.2, 0) is 6.54 Å². The Morgan fingerprint density at radius 2 is 2.19 bits per heavy atom. The Bertz CT molecular complexity index is 622. The van der Waals surface area contributed by atoms with Crippen molar-refractivity contribution in [3.63, 3.8) is 0 Å². The topological polar surface area (TPSA) is 43.3 Å². The molecular formula is C16H19BrN2O2. The van der Waals surface area contributed by atoms with E-state index in [-0.39, 0.29) is 5.91 Å². The predicted molar refractivity (Wildman–Crippen MR) is 86.8 cm³/mol. The maximum absolute atomic E-state index is 12.1. The molecule has 1 amide bonds. The summed E-state index contributed by atoms with van der Waals surface area (Å²) in [6.07, 6.45) is 1.90. The second-order valence-electron chi connectivity index (χ2n) is 4.75. The van der Waals surface area contributed by atoms with Crippen LogP contribution in [0.25, 0.3) is 0 Å². The summed E-state index contributed by atoms with van der Waals surface area (Å²) in [7, 11) is 0. The van der Waals surface area contributed by atoms with E-state index in [0.29, 0.717) is 18.8 Å². The number of ether oxygens (including phenoxy) is 1. The number of benzene rings is 1.